The van der Waals surface area contributed by atoms with Crippen LogP contribution in [0.4, 0.5) is 0 Å². The number of rotatable bonds is 4. The summed E-state index contributed by atoms with van der Waals surface area (Å²) in [5, 5.41) is 10.7. The van der Waals surface area contributed by atoms with Crippen LogP contribution in [0.5, 0.6) is 0 Å². The maximum Gasteiger partial charge on any atom is 0.261 e. The van der Waals surface area contributed by atoms with Crippen LogP contribution in [0.15, 0.2) is 17.5 Å². The van der Waals surface area contributed by atoms with Gasteiger partial charge in [0.1, 0.15) is 0 Å². The molecule has 20 heavy (non-hydrogen) atoms. The van der Waals surface area contributed by atoms with Gasteiger partial charge in [0.15, 0.2) is 0 Å². The Bertz CT molecular complexity index is 439. The molecular formula is C13H20ClN3O2S. The van der Waals surface area contributed by atoms with Crippen LogP contribution in [-0.2, 0) is 4.79 Å². The van der Waals surface area contributed by atoms with E-state index < -0.39 is 0 Å². The highest BCUT2D eigenvalue weighted by Gasteiger charge is 2.22. The number of amides is 2. The molecule has 0 spiro atoms. The van der Waals surface area contributed by atoms with Crippen molar-refractivity contribution >= 4 is 35.6 Å². The molecule has 0 aliphatic carbocycles. The van der Waals surface area contributed by atoms with Gasteiger partial charge in [-0.05, 0) is 36.9 Å². The molecule has 112 valence electrons. The van der Waals surface area contributed by atoms with Crippen molar-refractivity contribution in [2.45, 2.75) is 19.4 Å². The van der Waals surface area contributed by atoms with E-state index in [-0.39, 0.29) is 36.8 Å². The quantitative estimate of drug-likeness (QED) is 0.776. The summed E-state index contributed by atoms with van der Waals surface area (Å²) in [7, 11) is 0. The number of thiophene rings is 1. The molecule has 5 nitrogen and oxygen atoms in total. The van der Waals surface area contributed by atoms with E-state index in [9.17, 15) is 9.59 Å². The van der Waals surface area contributed by atoms with Gasteiger partial charge in [0.05, 0.1) is 11.4 Å². The van der Waals surface area contributed by atoms with E-state index in [1.165, 1.54) is 11.3 Å². The SMILES string of the molecule is CC1CNCCC1NC(=O)CNC(=O)c1cccs1.Cl. The Morgan fingerprint density at radius 2 is 2.30 bits per heavy atom. The first-order chi connectivity index (χ1) is 9.16. The normalized spacial score (nSPS) is 21.6. The molecule has 2 rings (SSSR count). The minimum absolute atomic E-state index is 0. The van der Waals surface area contributed by atoms with Gasteiger partial charge in [-0.15, -0.1) is 23.7 Å². The first-order valence-corrected chi connectivity index (χ1v) is 7.36. The van der Waals surface area contributed by atoms with Crippen LogP contribution in [0, 0.1) is 5.92 Å². The zero-order valence-electron chi connectivity index (χ0n) is 11.3. The van der Waals surface area contributed by atoms with E-state index in [0.29, 0.717) is 10.8 Å². The second-order valence-electron chi connectivity index (χ2n) is 4.80. The Morgan fingerprint density at radius 3 is 2.95 bits per heavy atom. The number of carbonyl (C=O) groups is 2. The predicted molar refractivity (Wildman–Crippen MR) is 82.5 cm³/mol. The van der Waals surface area contributed by atoms with Crippen LogP contribution >= 0.6 is 23.7 Å². The van der Waals surface area contributed by atoms with Gasteiger partial charge in [-0.2, -0.15) is 0 Å². The number of halogens is 1. The molecule has 0 saturated carbocycles. The van der Waals surface area contributed by atoms with E-state index in [4.69, 9.17) is 0 Å². The number of hydrogen-bond acceptors (Lipinski definition) is 4. The molecule has 1 aliphatic heterocycles. The fourth-order valence-corrected chi connectivity index (χ4v) is 2.78. The molecule has 0 aromatic carbocycles. The molecule has 2 heterocycles. The number of nitrogens with one attached hydrogen (secondary N) is 3. The summed E-state index contributed by atoms with van der Waals surface area (Å²) in [6, 6.07) is 3.76. The Kier molecular flexibility index (Phi) is 6.98. The first kappa shape index (κ1) is 16.9. The smallest absolute Gasteiger partial charge is 0.261 e. The van der Waals surface area contributed by atoms with E-state index in [1.807, 2.05) is 11.4 Å². The zero-order valence-corrected chi connectivity index (χ0v) is 13.0. The van der Waals surface area contributed by atoms with Gasteiger partial charge < -0.3 is 16.0 Å². The van der Waals surface area contributed by atoms with E-state index >= 15 is 0 Å². The Morgan fingerprint density at radius 1 is 1.50 bits per heavy atom. The summed E-state index contributed by atoms with van der Waals surface area (Å²) in [6.45, 7) is 4.00. The second kappa shape index (κ2) is 8.24. The van der Waals surface area contributed by atoms with Crippen LogP contribution in [0.1, 0.15) is 23.0 Å². The number of piperidine rings is 1. The third kappa shape index (κ3) is 4.77. The molecule has 1 fully saturated rings. The van der Waals surface area contributed by atoms with Crippen molar-refractivity contribution in [3.8, 4) is 0 Å². The summed E-state index contributed by atoms with van der Waals surface area (Å²) >= 11 is 1.37. The summed E-state index contributed by atoms with van der Waals surface area (Å²) in [5.41, 5.74) is 0. The van der Waals surface area contributed by atoms with Gasteiger partial charge in [-0.3, -0.25) is 9.59 Å². The number of hydrogen-bond donors (Lipinski definition) is 3. The fraction of sp³-hybridized carbons (Fsp3) is 0.538. The van der Waals surface area contributed by atoms with Crippen molar-refractivity contribution in [2.75, 3.05) is 19.6 Å². The lowest BCUT2D eigenvalue weighted by molar-refractivity contribution is -0.121. The van der Waals surface area contributed by atoms with Crippen molar-refractivity contribution < 1.29 is 9.59 Å². The average molecular weight is 318 g/mol. The molecule has 1 saturated heterocycles. The van der Waals surface area contributed by atoms with Crippen molar-refractivity contribution in [3.63, 3.8) is 0 Å². The van der Waals surface area contributed by atoms with Crippen LogP contribution in [-0.4, -0.2) is 37.5 Å². The monoisotopic (exact) mass is 317 g/mol. The largest absolute Gasteiger partial charge is 0.351 e. The predicted octanol–water partition coefficient (Wildman–Crippen LogP) is 1.01. The minimum atomic E-state index is -0.191. The van der Waals surface area contributed by atoms with E-state index in [0.717, 1.165) is 19.5 Å². The highest BCUT2D eigenvalue weighted by molar-refractivity contribution is 7.12. The maximum absolute atomic E-state index is 11.8. The second-order valence-corrected chi connectivity index (χ2v) is 5.75. The lowest BCUT2D eigenvalue weighted by Gasteiger charge is -2.30. The topological polar surface area (TPSA) is 70.2 Å². The van der Waals surface area contributed by atoms with Crippen LogP contribution in [0.25, 0.3) is 0 Å². The van der Waals surface area contributed by atoms with Crippen molar-refractivity contribution in [3.05, 3.63) is 22.4 Å². The average Bonchev–Trinajstić information content (AvgIpc) is 2.93. The summed E-state index contributed by atoms with van der Waals surface area (Å²) in [5.74, 6) is 0.109. The molecule has 3 N–H and O–H groups in total. The molecule has 1 aromatic heterocycles. The molecule has 0 radical (unpaired) electrons. The van der Waals surface area contributed by atoms with Crippen molar-refractivity contribution in [1.82, 2.24) is 16.0 Å². The van der Waals surface area contributed by atoms with Gasteiger partial charge in [-0.25, -0.2) is 0 Å². The van der Waals surface area contributed by atoms with Crippen LogP contribution < -0.4 is 16.0 Å². The van der Waals surface area contributed by atoms with Crippen molar-refractivity contribution in [2.24, 2.45) is 5.92 Å². The Labute approximate surface area is 128 Å². The van der Waals surface area contributed by atoms with Gasteiger partial charge in [0.25, 0.3) is 5.91 Å². The van der Waals surface area contributed by atoms with Crippen LogP contribution in [0.2, 0.25) is 0 Å². The summed E-state index contributed by atoms with van der Waals surface area (Å²) in [6.07, 6.45) is 0.936. The molecular weight excluding hydrogens is 298 g/mol. The standard InChI is InChI=1S/C13H19N3O2S.ClH/c1-9-7-14-5-4-10(9)16-12(17)8-15-13(18)11-3-2-6-19-11;/h2-3,6,9-10,14H,4-5,7-8H2,1H3,(H,15,18)(H,16,17);1H. The molecule has 1 aliphatic rings. The van der Waals surface area contributed by atoms with Gasteiger partial charge in [0.2, 0.25) is 5.91 Å². The Hall–Kier alpha value is -1.11. The molecule has 2 unspecified atom stereocenters. The van der Waals surface area contributed by atoms with E-state index in [2.05, 4.69) is 22.9 Å². The number of carbonyl (C=O) groups excluding carboxylic acids is 2. The molecule has 0 bridgehead atoms. The minimum Gasteiger partial charge on any atom is -0.351 e. The summed E-state index contributed by atoms with van der Waals surface area (Å²) < 4.78 is 0. The maximum atomic E-state index is 11.8. The van der Waals surface area contributed by atoms with Gasteiger partial charge >= 0.3 is 0 Å². The van der Waals surface area contributed by atoms with E-state index in [1.54, 1.807) is 6.07 Å². The fourth-order valence-electron chi connectivity index (χ4n) is 2.14. The van der Waals surface area contributed by atoms with Crippen LogP contribution in [0.3, 0.4) is 0 Å². The molecule has 2 amide bonds. The Balaban J connectivity index is 0.00000200. The molecule has 1 aromatic rings. The zero-order chi connectivity index (χ0) is 13.7. The van der Waals surface area contributed by atoms with Gasteiger partial charge in [0, 0.05) is 6.04 Å². The molecule has 7 heteroatoms. The lowest BCUT2D eigenvalue weighted by atomic mass is 9.95. The highest BCUT2D eigenvalue weighted by Crippen LogP contribution is 2.10. The third-order valence-corrected chi connectivity index (χ3v) is 4.15. The molecule has 2 atom stereocenters. The first-order valence-electron chi connectivity index (χ1n) is 6.48. The summed E-state index contributed by atoms with van der Waals surface area (Å²) in [4.78, 5) is 24.1. The highest BCUT2D eigenvalue weighted by atomic mass is 35.5. The van der Waals surface area contributed by atoms with Gasteiger partial charge in [-0.1, -0.05) is 13.0 Å². The van der Waals surface area contributed by atoms with Crippen molar-refractivity contribution in [1.29, 1.82) is 0 Å². The third-order valence-electron chi connectivity index (χ3n) is 3.29. The lowest BCUT2D eigenvalue weighted by Crippen LogP contribution is -2.50.